The molecule has 1 heterocycles. The summed E-state index contributed by atoms with van der Waals surface area (Å²) in [5, 5.41) is 33.5. The van der Waals surface area contributed by atoms with Crippen molar-refractivity contribution in [2.75, 3.05) is 26.2 Å². The summed E-state index contributed by atoms with van der Waals surface area (Å²) in [6.07, 6.45) is 0.335. The molecule has 1 fully saturated rings. The SMILES string of the molecule is CCc1cccc(-c2c(F)cccc2[C@](O)(CCCNC(=O)O)[C@@H]2CCCN(C(=O)CC(O)CN)C2)c1. The van der Waals surface area contributed by atoms with Gasteiger partial charge in [-0.1, -0.05) is 43.3 Å². The molecule has 8 nitrogen and oxygen atoms in total. The number of nitrogens with one attached hydrogen (secondary N) is 1. The van der Waals surface area contributed by atoms with E-state index < -0.39 is 29.5 Å². The Labute approximate surface area is 217 Å². The molecular weight excluding hydrogens is 477 g/mol. The smallest absolute Gasteiger partial charge is 0.404 e. The molecule has 0 saturated carbocycles. The van der Waals surface area contributed by atoms with Crippen LogP contribution in [0.3, 0.4) is 0 Å². The molecule has 3 rings (SSSR count). The molecule has 1 saturated heterocycles. The minimum absolute atomic E-state index is 0.0208. The van der Waals surface area contributed by atoms with Crippen LogP contribution in [-0.4, -0.2) is 64.5 Å². The molecule has 3 atom stereocenters. The number of amides is 2. The van der Waals surface area contributed by atoms with E-state index in [2.05, 4.69) is 5.32 Å². The Morgan fingerprint density at radius 2 is 2.03 bits per heavy atom. The largest absolute Gasteiger partial charge is 0.465 e. The molecule has 9 heteroatoms. The van der Waals surface area contributed by atoms with Crippen molar-refractivity contribution in [3.63, 3.8) is 0 Å². The summed E-state index contributed by atoms with van der Waals surface area (Å²) >= 11 is 0. The monoisotopic (exact) mass is 515 g/mol. The molecule has 2 aromatic rings. The zero-order valence-corrected chi connectivity index (χ0v) is 21.3. The average molecular weight is 516 g/mol. The van der Waals surface area contributed by atoms with E-state index in [1.807, 2.05) is 31.2 Å². The van der Waals surface area contributed by atoms with Gasteiger partial charge in [0.2, 0.25) is 5.91 Å². The lowest BCUT2D eigenvalue weighted by molar-refractivity contribution is -0.138. The minimum Gasteiger partial charge on any atom is -0.465 e. The van der Waals surface area contributed by atoms with Crippen molar-refractivity contribution >= 4 is 12.0 Å². The van der Waals surface area contributed by atoms with Crippen LogP contribution in [0.1, 0.15) is 50.2 Å². The summed E-state index contributed by atoms with van der Waals surface area (Å²) < 4.78 is 15.4. The van der Waals surface area contributed by atoms with Crippen LogP contribution in [0.2, 0.25) is 0 Å². The molecule has 2 aromatic carbocycles. The van der Waals surface area contributed by atoms with Crippen LogP contribution in [0, 0.1) is 11.7 Å². The van der Waals surface area contributed by atoms with Crippen molar-refractivity contribution < 1.29 is 29.3 Å². The third kappa shape index (κ3) is 7.06. The molecule has 1 aliphatic heterocycles. The molecule has 2 amide bonds. The third-order valence-electron chi connectivity index (χ3n) is 7.25. The Balaban J connectivity index is 2.02. The molecule has 6 N–H and O–H groups in total. The van der Waals surface area contributed by atoms with Gasteiger partial charge in [0, 0.05) is 37.7 Å². The molecule has 0 radical (unpaired) electrons. The highest BCUT2D eigenvalue weighted by molar-refractivity contribution is 5.77. The molecule has 202 valence electrons. The van der Waals surface area contributed by atoms with E-state index in [1.165, 1.54) is 6.07 Å². The third-order valence-corrected chi connectivity index (χ3v) is 7.25. The van der Waals surface area contributed by atoms with Crippen molar-refractivity contribution in [1.82, 2.24) is 10.2 Å². The standard InChI is InChI=1S/C28H38FN3O5/c1-2-19-7-3-8-20(15-19)26-23(10-4-11-24(26)29)28(37,12-6-13-31-27(35)36)21-9-5-14-32(18-21)25(34)16-22(33)17-30/h3-4,7-8,10-11,15,21-22,31,33,37H,2,5-6,9,12-14,16-18,30H2,1H3,(H,35,36)/t21-,22?,28+/m1/s1. The van der Waals surface area contributed by atoms with Crippen LogP contribution in [0.15, 0.2) is 42.5 Å². The van der Waals surface area contributed by atoms with Crippen molar-refractivity contribution in [2.24, 2.45) is 11.7 Å². The fourth-order valence-electron chi connectivity index (χ4n) is 5.24. The van der Waals surface area contributed by atoms with Gasteiger partial charge in [-0.2, -0.15) is 0 Å². The number of carbonyl (C=O) groups is 2. The number of aliphatic hydroxyl groups excluding tert-OH is 1. The fraction of sp³-hybridized carbons (Fsp3) is 0.500. The topological polar surface area (TPSA) is 136 Å². The molecular formula is C28H38FN3O5. The van der Waals surface area contributed by atoms with Gasteiger partial charge in [-0.3, -0.25) is 4.79 Å². The number of benzene rings is 2. The van der Waals surface area contributed by atoms with Gasteiger partial charge < -0.3 is 31.3 Å². The Bertz CT molecular complexity index is 1080. The van der Waals surface area contributed by atoms with Gasteiger partial charge in [0.25, 0.3) is 0 Å². The van der Waals surface area contributed by atoms with E-state index >= 15 is 4.39 Å². The number of nitrogens with zero attached hydrogens (tertiary/aromatic N) is 1. The number of rotatable bonds is 11. The number of carbonyl (C=O) groups excluding carboxylic acids is 1. The first-order valence-corrected chi connectivity index (χ1v) is 12.9. The average Bonchev–Trinajstić information content (AvgIpc) is 2.90. The normalized spacial score (nSPS) is 18.2. The van der Waals surface area contributed by atoms with Crippen LogP contribution < -0.4 is 11.1 Å². The maximum Gasteiger partial charge on any atom is 0.404 e. The summed E-state index contributed by atoms with van der Waals surface area (Å²) in [6.45, 7) is 2.86. The molecule has 1 aliphatic rings. The number of hydrogen-bond acceptors (Lipinski definition) is 5. The molecule has 37 heavy (non-hydrogen) atoms. The number of hydrogen-bond donors (Lipinski definition) is 5. The highest BCUT2D eigenvalue weighted by atomic mass is 19.1. The number of carboxylic acid groups (broad SMARTS) is 1. The van der Waals surface area contributed by atoms with Gasteiger partial charge in [-0.15, -0.1) is 0 Å². The summed E-state index contributed by atoms with van der Waals surface area (Å²) in [4.78, 5) is 25.4. The number of likely N-dealkylation sites (tertiary alicyclic amines) is 1. The van der Waals surface area contributed by atoms with Crippen LogP contribution in [0.4, 0.5) is 9.18 Å². The number of aryl methyl sites for hydroxylation is 1. The lowest BCUT2D eigenvalue weighted by Crippen LogP contribution is -2.49. The van der Waals surface area contributed by atoms with E-state index in [1.54, 1.807) is 17.0 Å². The molecule has 0 spiro atoms. The predicted molar refractivity (Wildman–Crippen MR) is 139 cm³/mol. The van der Waals surface area contributed by atoms with Gasteiger partial charge in [-0.25, -0.2) is 9.18 Å². The summed E-state index contributed by atoms with van der Waals surface area (Å²) in [5.41, 5.74) is 6.39. The summed E-state index contributed by atoms with van der Waals surface area (Å²) in [6, 6.07) is 12.2. The van der Waals surface area contributed by atoms with Gasteiger partial charge in [0.05, 0.1) is 18.1 Å². The molecule has 0 aliphatic carbocycles. The van der Waals surface area contributed by atoms with Crippen molar-refractivity contribution in [1.29, 1.82) is 0 Å². The Morgan fingerprint density at radius 3 is 2.73 bits per heavy atom. The molecule has 0 bridgehead atoms. The van der Waals surface area contributed by atoms with Crippen molar-refractivity contribution in [3.05, 3.63) is 59.4 Å². The van der Waals surface area contributed by atoms with Gasteiger partial charge >= 0.3 is 6.09 Å². The predicted octanol–water partition coefficient (Wildman–Crippen LogP) is 3.24. The first-order chi connectivity index (χ1) is 17.7. The van der Waals surface area contributed by atoms with Crippen LogP contribution >= 0.6 is 0 Å². The highest BCUT2D eigenvalue weighted by Gasteiger charge is 2.43. The second kappa shape index (κ2) is 13.0. The van der Waals surface area contributed by atoms with E-state index in [9.17, 15) is 19.8 Å². The lowest BCUT2D eigenvalue weighted by atomic mass is 9.72. The van der Waals surface area contributed by atoms with Crippen LogP contribution in [0.25, 0.3) is 11.1 Å². The second-order valence-corrected chi connectivity index (χ2v) is 9.75. The summed E-state index contributed by atoms with van der Waals surface area (Å²) in [5.74, 6) is -1.12. The van der Waals surface area contributed by atoms with Gasteiger partial charge in [-0.05, 0) is 54.9 Å². The van der Waals surface area contributed by atoms with E-state index in [0.29, 0.717) is 42.5 Å². The van der Waals surface area contributed by atoms with Gasteiger partial charge in [0.15, 0.2) is 0 Å². The maximum absolute atomic E-state index is 15.4. The first-order valence-electron chi connectivity index (χ1n) is 12.9. The maximum atomic E-state index is 15.4. The molecule has 0 aromatic heterocycles. The number of nitrogens with two attached hydrogens (primary N) is 1. The van der Waals surface area contributed by atoms with Crippen LogP contribution in [0.5, 0.6) is 0 Å². The van der Waals surface area contributed by atoms with Gasteiger partial charge in [0.1, 0.15) is 5.82 Å². The lowest BCUT2D eigenvalue weighted by Gasteiger charge is -2.44. The van der Waals surface area contributed by atoms with E-state index in [4.69, 9.17) is 10.8 Å². The summed E-state index contributed by atoms with van der Waals surface area (Å²) in [7, 11) is 0. The zero-order valence-electron chi connectivity index (χ0n) is 21.3. The Hall–Kier alpha value is -3.01. The quantitative estimate of drug-likeness (QED) is 0.292. The first kappa shape index (κ1) is 28.6. The Morgan fingerprint density at radius 1 is 1.27 bits per heavy atom. The van der Waals surface area contributed by atoms with Crippen molar-refractivity contribution in [2.45, 2.75) is 57.2 Å². The number of piperidine rings is 1. The number of aliphatic hydroxyl groups is 2. The number of halogens is 1. The second-order valence-electron chi connectivity index (χ2n) is 9.75. The zero-order chi connectivity index (χ0) is 27.0. The van der Waals surface area contributed by atoms with Crippen molar-refractivity contribution in [3.8, 4) is 11.1 Å². The Kier molecular flexibility index (Phi) is 10.0. The minimum atomic E-state index is -1.52. The van der Waals surface area contributed by atoms with Crippen LogP contribution in [-0.2, 0) is 16.8 Å². The van der Waals surface area contributed by atoms with E-state index in [0.717, 1.165) is 12.0 Å². The fourth-order valence-corrected chi connectivity index (χ4v) is 5.24. The van der Waals surface area contributed by atoms with E-state index in [-0.39, 0.29) is 38.4 Å². The molecule has 1 unspecified atom stereocenters. The highest BCUT2D eigenvalue weighted by Crippen LogP contribution is 2.44.